The Bertz CT molecular complexity index is 1850. The number of hydrogen-bond donors (Lipinski definition) is 3. The van der Waals surface area contributed by atoms with Gasteiger partial charge >= 0.3 is 12.2 Å². The Balaban J connectivity index is 1.02. The van der Waals surface area contributed by atoms with Gasteiger partial charge in [0, 0.05) is 24.8 Å². The number of carbonyl (C=O) groups excluding carboxylic acids is 1. The molecule has 2 aromatic heterocycles. The van der Waals surface area contributed by atoms with E-state index in [0.29, 0.717) is 36.6 Å². The average Bonchev–Trinajstić information content (AvgIpc) is 3.90. The molecule has 2 atom stereocenters. The third-order valence-electron chi connectivity index (χ3n) is 8.79. The summed E-state index contributed by atoms with van der Waals surface area (Å²) in [7, 11) is 0. The average molecular weight is 621 g/mol. The fourth-order valence-electron chi connectivity index (χ4n) is 6.39. The van der Waals surface area contributed by atoms with Crippen LogP contribution in [0.5, 0.6) is 0 Å². The lowest BCUT2D eigenvalue weighted by molar-refractivity contribution is 0.0909. The van der Waals surface area contributed by atoms with Crippen molar-refractivity contribution in [3.05, 3.63) is 108 Å². The SMILES string of the molecule is O=C(O)N1CCC[C@H]1c1nc(-c2ccc(-c3ccc(-c4cnc([C@@H]5CCCN5C(=O)OCc5ccccc5)[nH]4)cc3)cc2F)c[nH]1. The molecule has 2 fully saturated rings. The quantitative estimate of drug-likeness (QED) is 0.172. The monoisotopic (exact) mass is 620 g/mol. The third kappa shape index (κ3) is 5.83. The molecule has 0 radical (unpaired) electrons. The molecule has 2 aliphatic heterocycles. The van der Waals surface area contributed by atoms with Gasteiger partial charge in [0.1, 0.15) is 24.1 Å². The number of carbonyl (C=O) groups is 2. The van der Waals surface area contributed by atoms with Gasteiger partial charge in [0.25, 0.3) is 0 Å². The van der Waals surface area contributed by atoms with Crippen LogP contribution in [0.25, 0.3) is 33.6 Å². The Hall–Kier alpha value is -5.45. The summed E-state index contributed by atoms with van der Waals surface area (Å²) in [6, 6.07) is 21.9. The van der Waals surface area contributed by atoms with E-state index in [-0.39, 0.29) is 24.8 Å². The second-order valence-corrected chi connectivity index (χ2v) is 11.7. The molecular weight excluding hydrogens is 587 g/mol. The summed E-state index contributed by atoms with van der Waals surface area (Å²) in [4.78, 5) is 43.1. The first-order valence-electron chi connectivity index (χ1n) is 15.4. The Morgan fingerprint density at radius 1 is 0.891 bits per heavy atom. The molecule has 4 heterocycles. The molecule has 2 saturated heterocycles. The van der Waals surface area contributed by atoms with Crippen molar-refractivity contribution in [3.8, 4) is 33.6 Å². The molecule has 10 nitrogen and oxygen atoms in total. The van der Waals surface area contributed by atoms with E-state index in [2.05, 4.69) is 19.9 Å². The molecule has 7 rings (SSSR count). The highest BCUT2D eigenvalue weighted by Crippen LogP contribution is 2.35. The lowest BCUT2D eigenvalue weighted by Crippen LogP contribution is -2.31. The zero-order chi connectivity index (χ0) is 31.6. The molecular formula is C35H33FN6O4. The fourth-order valence-corrected chi connectivity index (χ4v) is 6.39. The van der Waals surface area contributed by atoms with Crippen molar-refractivity contribution in [1.82, 2.24) is 29.7 Å². The van der Waals surface area contributed by atoms with E-state index >= 15 is 4.39 Å². The maximum Gasteiger partial charge on any atom is 0.410 e. The van der Waals surface area contributed by atoms with Crippen LogP contribution in [-0.2, 0) is 11.3 Å². The number of benzene rings is 3. The number of halogens is 1. The number of amides is 2. The van der Waals surface area contributed by atoms with Crippen molar-refractivity contribution >= 4 is 12.2 Å². The minimum absolute atomic E-state index is 0.183. The van der Waals surface area contributed by atoms with Crippen LogP contribution in [0.2, 0.25) is 0 Å². The summed E-state index contributed by atoms with van der Waals surface area (Å²) < 4.78 is 20.9. The predicted molar refractivity (Wildman–Crippen MR) is 169 cm³/mol. The minimum Gasteiger partial charge on any atom is -0.465 e. The Labute approximate surface area is 264 Å². The summed E-state index contributed by atoms with van der Waals surface area (Å²) in [6.45, 7) is 1.30. The number of imidazole rings is 2. The summed E-state index contributed by atoms with van der Waals surface area (Å²) in [5.74, 6) is 0.832. The zero-order valence-corrected chi connectivity index (χ0v) is 25.0. The highest BCUT2D eigenvalue weighted by molar-refractivity contribution is 5.72. The molecule has 11 heteroatoms. The number of likely N-dealkylation sites (tertiary alicyclic amines) is 2. The lowest BCUT2D eigenvalue weighted by Gasteiger charge is -2.22. The molecule has 0 unspecified atom stereocenters. The summed E-state index contributed by atoms with van der Waals surface area (Å²) >= 11 is 0. The first kappa shape index (κ1) is 29.3. The van der Waals surface area contributed by atoms with Gasteiger partial charge in [0.05, 0.1) is 29.7 Å². The molecule has 46 heavy (non-hydrogen) atoms. The smallest absolute Gasteiger partial charge is 0.410 e. The van der Waals surface area contributed by atoms with Gasteiger partial charge in [-0.15, -0.1) is 0 Å². The van der Waals surface area contributed by atoms with E-state index in [9.17, 15) is 14.7 Å². The van der Waals surface area contributed by atoms with Crippen molar-refractivity contribution in [3.63, 3.8) is 0 Å². The molecule has 0 saturated carbocycles. The van der Waals surface area contributed by atoms with E-state index in [0.717, 1.165) is 53.0 Å². The van der Waals surface area contributed by atoms with Crippen LogP contribution in [0, 0.1) is 5.82 Å². The van der Waals surface area contributed by atoms with Crippen LogP contribution in [0.4, 0.5) is 14.0 Å². The Morgan fingerprint density at radius 2 is 1.59 bits per heavy atom. The molecule has 3 N–H and O–H groups in total. The first-order chi connectivity index (χ1) is 22.4. The van der Waals surface area contributed by atoms with Crippen molar-refractivity contribution < 1.29 is 23.8 Å². The Morgan fingerprint density at radius 3 is 2.33 bits per heavy atom. The number of nitrogens with zero attached hydrogens (tertiary/aromatic N) is 4. The van der Waals surface area contributed by atoms with E-state index in [1.54, 1.807) is 23.4 Å². The maximum absolute atomic E-state index is 15.3. The van der Waals surface area contributed by atoms with Gasteiger partial charge < -0.3 is 19.8 Å². The van der Waals surface area contributed by atoms with Crippen molar-refractivity contribution in [2.45, 2.75) is 44.4 Å². The predicted octanol–water partition coefficient (Wildman–Crippen LogP) is 7.56. The maximum atomic E-state index is 15.3. The van der Waals surface area contributed by atoms with Gasteiger partial charge in [-0.2, -0.15) is 0 Å². The van der Waals surface area contributed by atoms with Crippen LogP contribution in [0.1, 0.15) is 55.0 Å². The van der Waals surface area contributed by atoms with Gasteiger partial charge in [-0.05, 0) is 60.1 Å². The minimum atomic E-state index is -0.979. The van der Waals surface area contributed by atoms with Gasteiger partial charge in [0.2, 0.25) is 0 Å². The molecule has 2 aliphatic rings. The second-order valence-electron chi connectivity index (χ2n) is 11.7. The van der Waals surface area contributed by atoms with Gasteiger partial charge in [0.15, 0.2) is 0 Å². The van der Waals surface area contributed by atoms with Crippen LogP contribution in [0.3, 0.4) is 0 Å². The first-order valence-corrected chi connectivity index (χ1v) is 15.4. The zero-order valence-electron chi connectivity index (χ0n) is 25.0. The summed E-state index contributed by atoms with van der Waals surface area (Å²) in [6.07, 6.45) is 5.18. The topological polar surface area (TPSA) is 127 Å². The highest BCUT2D eigenvalue weighted by atomic mass is 19.1. The summed E-state index contributed by atoms with van der Waals surface area (Å²) in [5, 5.41) is 9.46. The van der Waals surface area contributed by atoms with Crippen LogP contribution >= 0.6 is 0 Å². The van der Waals surface area contributed by atoms with Gasteiger partial charge in [-0.25, -0.2) is 23.9 Å². The second kappa shape index (κ2) is 12.5. The van der Waals surface area contributed by atoms with Crippen LogP contribution in [-0.4, -0.2) is 60.1 Å². The molecule has 0 spiro atoms. The van der Waals surface area contributed by atoms with Crippen molar-refractivity contribution in [1.29, 1.82) is 0 Å². The number of ether oxygens (including phenoxy) is 1. The lowest BCUT2D eigenvalue weighted by atomic mass is 10.0. The van der Waals surface area contributed by atoms with Crippen molar-refractivity contribution in [2.75, 3.05) is 13.1 Å². The number of nitrogens with one attached hydrogen (secondary N) is 2. The van der Waals surface area contributed by atoms with Crippen LogP contribution < -0.4 is 0 Å². The molecule has 234 valence electrons. The standard InChI is InChI=1S/C35H33FN6O4/c36-27-18-25(14-15-26(27)29-20-38-32(40-29)30-8-4-16-41(30)34(43)44)23-10-12-24(13-11-23)28-19-37-33(39-28)31-9-5-17-42(31)35(45)46-21-22-6-2-1-3-7-22/h1-3,6-7,10-15,18-20,30-31H,4-5,8-9,16-17,21H2,(H,37,39)(H,38,40)(H,43,44)/t30-,31-/m0/s1. The number of H-pyrrole nitrogens is 2. The van der Waals surface area contributed by atoms with Gasteiger partial charge in [-0.3, -0.25) is 9.80 Å². The third-order valence-corrected chi connectivity index (χ3v) is 8.79. The van der Waals surface area contributed by atoms with Gasteiger partial charge in [-0.1, -0.05) is 60.7 Å². The number of carboxylic acid groups (broad SMARTS) is 1. The number of aromatic nitrogens is 4. The molecule has 2 amide bonds. The molecule has 3 aromatic carbocycles. The highest BCUT2D eigenvalue weighted by Gasteiger charge is 2.34. The number of aromatic amines is 2. The molecule has 5 aromatic rings. The van der Waals surface area contributed by atoms with Crippen LogP contribution in [0.15, 0.2) is 85.2 Å². The number of hydrogen-bond acceptors (Lipinski definition) is 5. The fraction of sp³-hybridized carbons (Fsp3) is 0.257. The van der Waals surface area contributed by atoms with E-state index in [1.807, 2.05) is 60.7 Å². The Kier molecular flexibility index (Phi) is 7.96. The van der Waals surface area contributed by atoms with Crippen molar-refractivity contribution in [2.24, 2.45) is 0 Å². The normalized spacial score (nSPS) is 17.8. The van der Waals surface area contributed by atoms with E-state index < -0.39 is 11.9 Å². The number of rotatable bonds is 7. The largest absolute Gasteiger partial charge is 0.465 e. The van der Waals surface area contributed by atoms with E-state index in [4.69, 9.17) is 4.74 Å². The molecule has 0 bridgehead atoms. The van der Waals surface area contributed by atoms with E-state index in [1.165, 1.54) is 11.0 Å². The summed E-state index contributed by atoms with van der Waals surface area (Å²) in [5.41, 5.74) is 5.04. The molecule has 0 aliphatic carbocycles.